The molecule has 0 saturated carbocycles. The number of nitrogens with zero attached hydrogens (tertiary/aromatic N) is 1. The van der Waals surface area contributed by atoms with E-state index in [4.69, 9.17) is 22.7 Å². The van der Waals surface area contributed by atoms with E-state index in [9.17, 15) is 0 Å². The Morgan fingerprint density at radius 1 is 1.44 bits per heavy atom. The van der Waals surface area contributed by atoms with Crippen molar-refractivity contribution in [3.05, 3.63) is 28.7 Å². The van der Waals surface area contributed by atoms with Gasteiger partial charge in [0.05, 0.1) is 11.0 Å². The van der Waals surface area contributed by atoms with Crippen LogP contribution in [0, 0.1) is 0 Å². The van der Waals surface area contributed by atoms with E-state index in [2.05, 4.69) is 20.8 Å². The lowest BCUT2D eigenvalue weighted by molar-refractivity contribution is 0.222. The summed E-state index contributed by atoms with van der Waals surface area (Å²) in [6, 6.07) is 8.12. The van der Waals surface area contributed by atoms with Gasteiger partial charge in [-0.2, -0.15) is 0 Å². The Morgan fingerprint density at radius 2 is 2.17 bits per heavy atom. The zero-order chi connectivity index (χ0) is 13.0. The summed E-state index contributed by atoms with van der Waals surface area (Å²) in [5.74, 6) is 0.893. The van der Waals surface area contributed by atoms with E-state index in [1.165, 1.54) is 6.42 Å². The van der Waals surface area contributed by atoms with Gasteiger partial charge in [0.1, 0.15) is 12.4 Å². The summed E-state index contributed by atoms with van der Waals surface area (Å²) in [5.41, 5.74) is 5.73. The van der Waals surface area contributed by atoms with Gasteiger partial charge in [-0.05, 0) is 43.7 Å². The van der Waals surface area contributed by atoms with Crippen LogP contribution in [0.2, 0.25) is 0 Å². The van der Waals surface area contributed by atoms with Gasteiger partial charge >= 0.3 is 0 Å². The van der Waals surface area contributed by atoms with Gasteiger partial charge in [-0.15, -0.1) is 0 Å². The third kappa shape index (κ3) is 3.67. The first kappa shape index (κ1) is 13.8. The summed E-state index contributed by atoms with van der Waals surface area (Å²) >= 11 is 8.48. The molecule has 2 N–H and O–H groups in total. The van der Waals surface area contributed by atoms with Crippen molar-refractivity contribution in [1.29, 1.82) is 0 Å². The van der Waals surface area contributed by atoms with Gasteiger partial charge in [-0.1, -0.05) is 28.1 Å². The van der Waals surface area contributed by atoms with E-state index in [1.807, 2.05) is 24.3 Å². The minimum Gasteiger partial charge on any atom is -0.492 e. The molecule has 1 aliphatic heterocycles. The summed E-state index contributed by atoms with van der Waals surface area (Å²) in [6.07, 6.45) is 2.24. The molecule has 98 valence electrons. The molecule has 0 bridgehead atoms. The van der Waals surface area contributed by atoms with Crippen LogP contribution in [0.3, 0.4) is 0 Å². The smallest absolute Gasteiger partial charge is 0.119 e. The highest BCUT2D eigenvalue weighted by atomic mass is 79.9. The van der Waals surface area contributed by atoms with Crippen molar-refractivity contribution in [2.24, 2.45) is 5.73 Å². The van der Waals surface area contributed by atoms with Crippen LogP contribution < -0.4 is 10.5 Å². The lowest BCUT2D eigenvalue weighted by Crippen LogP contribution is -2.41. The van der Waals surface area contributed by atoms with Crippen molar-refractivity contribution in [2.75, 3.05) is 19.7 Å². The Morgan fingerprint density at radius 3 is 2.83 bits per heavy atom. The second-order valence-electron chi connectivity index (χ2n) is 4.40. The highest BCUT2D eigenvalue weighted by Crippen LogP contribution is 2.18. The average Bonchev–Trinajstić information content (AvgIpc) is 2.80. The monoisotopic (exact) mass is 328 g/mol. The standard InChI is InChI=1S/C13H17BrN2OS/c14-10-3-5-11(6-4-10)17-9-8-16-7-1-2-12(16)13(15)18/h3-6,12H,1-2,7-9H2,(H2,15,18). The zero-order valence-corrected chi connectivity index (χ0v) is 12.5. The molecule has 1 aliphatic rings. The fourth-order valence-corrected chi connectivity index (χ4v) is 2.76. The van der Waals surface area contributed by atoms with Crippen molar-refractivity contribution in [3.63, 3.8) is 0 Å². The minimum absolute atomic E-state index is 0.258. The summed E-state index contributed by atoms with van der Waals surface area (Å²) in [6.45, 7) is 2.60. The molecule has 0 aliphatic carbocycles. The van der Waals surface area contributed by atoms with Gasteiger partial charge in [0, 0.05) is 11.0 Å². The maximum absolute atomic E-state index is 5.73. The number of benzene rings is 1. The lowest BCUT2D eigenvalue weighted by Gasteiger charge is -2.23. The maximum Gasteiger partial charge on any atom is 0.119 e. The van der Waals surface area contributed by atoms with E-state index in [-0.39, 0.29) is 6.04 Å². The number of halogens is 1. The second-order valence-corrected chi connectivity index (χ2v) is 5.79. The summed E-state index contributed by atoms with van der Waals surface area (Å²) < 4.78 is 6.76. The molecule has 0 amide bonds. The molecular formula is C13H17BrN2OS. The molecule has 1 saturated heterocycles. The number of thiocarbonyl (C=S) groups is 1. The third-order valence-corrected chi connectivity index (χ3v) is 3.95. The normalized spacial score (nSPS) is 19.9. The van der Waals surface area contributed by atoms with Gasteiger partial charge in [0.25, 0.3) is 0 Å². The second kappa shape index (κ2) is 6.50. The van der Waals surface area contributed by atoms with Crippen LogP contribution in [0.15, 0.2) is 28.7 Å². The molecule has 1 fully saturated rings. The Balaban J connectivity index is 1.78. The van der Waals surface area contributed by atoms with Crippen molar-refractivity contribution in [1.82, 2.24) is 4.90 Å². The van der Waals surface area contributed by atoms with Crippen LogP contribution in [0.25, 0.3) is 0 Å². The van der Waals surface area contributed by atoms with Crippen molar-refractivity contribution < 1.29 is 4.74 Å². The largest absolute Gasteiger partial charge is 0.492 e. The fourth-order valence-electron chi connectivity index (χ4n) is 2.23. The zero-order valence-electron chi connectivity index (χ0n) is 10.1. The SMILES string of the molecule is NC(=S)C1CCCN1CCOc1ccc(Br)cc1. The van der Waals surface area contributed by atoms with E-state index in [0.29, 0.717) is 11.6 Å². The van der Waals surface area contributed by atoms with Crippen LogP contribution in [0.5, 0.6) is 5.75 Å². The summed E-state index contributed by atoms with van der Waals surface area (Å²) in [7, 11) is 0. The number of hydrogen-bond acceptors (Lipinski definition) is 3. The van der Waals surface area contributed by atoms with Gasteiger partial charge in [-0.25, -0.2) is 0 Å². The first-order chi connectivity index (χ1) is 8.66. The predicted octanol–water partition coefficient (Wildman–Crippen LogP) is 2.58. The Kier molecular flexibility index (Phi) is 4.97. The number of ether oxygens (including phenoxy) is 1. The van der Waals surface area contributed by atoms with Crippen molar-refractivity contribution in [2.45, 2.75) is 18.9 Å². The first-order valence-electron chi connectivity index (χ1n) is 6.08. The molecule has 2 rings (SSSR count). The lowest BCUT2D eigenvalue weighted by atomic mass is 10.2. The third-order valence-electron chi connectivity index (χ3n) is 3.15. The molecule has 18 heavy (non-hydrogen) atoms. The van der Waals surface area contributed by atoms with Crippen LogP contribution in [0.1, 0.15) is 12.8 Å². The minimum atomic E-state index is 0.258. The number of nitrogens with two attached hydrogens (primary N) is 1. The van der Waals surface area contributed by atoms with E-state index in [1.54, 1.807) is 0 Å². The molecule has 1 aromatic rings. The van der Waals surface area contributed by atoms with Gasteiger partial charge in [-0.3, -0.25) is 4.90 Å². The van der Waals surface area contributed by atoms with Crippen molar-refractivity contribution >= 4 is 33.1 Å². The molecule has 0 spiro atoms. The van der Waals surface area contributed by atoms with E-state index >= 15 is 0 Å². The van der Waals surface area contributed by atoms with Gasteiger partial charge < -0.3 is 10.5 Å². The quantitative estimate of drug-likeness (QED) is 0.843. The van der Waals surface area contributed by atoms with Crippen LogP contribution in [-0.4, -0.2) is 35.6 Å². The molecule has 5 heteroatoms. The first-order valence-corrected chi connectivity index (χ1v) is 7.28. The molecule has 3 nitrogen and oxygen atoms in total. The Bertz CT molecular complexity index is 410. The summed E-state index contributed by atoms with van der Waals surface area (Å²) in [4.78, 5) is 2.91. The predicted molar refractivity (Wildman–Crippen MR) is 81.0 cm³/mol. The fraction of sp³-hybridized carbons (Fsp3) is 0.462. The van der Waals surface area contributed by atoms with Crippen LogP contribution in [-0.2, 0) is 0 Å². The molecule has 0 aromatic heterocycles. The topological polar surface area (TPSA) is 38.5 Å². The Hall–Kier alpha value is -0.650. The van der Waals surface area contributed by atoms with E-state index < -0.39 is 0 Å². The summed E-state index contributed by atoms with van der Waals surface area (Å²) in [5, 5.41) is 0. The molecule has 0 radical (unpaired) electrons. The maximum atomic E-state index is 5.73. The van der Waals surface area contributed by atoms with Gasteiger partial charge in [0.15, 0.2) is 0 Å². The molecule has 1 aromatic carbocycles. The molecule has 1 unspecified atom stereocenters. The molecule has 1 atom stereocenters. The number of likely N-dealkylation sites (tertiary alicyclic amines) is 1. The highest BCUT2D eigenvalue weighted by Gasteiger charge is 2.26. The van der Waals surface area contributed by atoms with E-state index in [0.717, 1.165) is 29.7 Å². The van der Waals surface area contributed by atoms with Gasteiger partial charge in [0.2, 0.25) is 0 Å². The molecule has 1 heterocycles. The van der Waals surface area contributed by atoms with Crippen molar-refractivity contribution in [3.8, 4) is 5.75 Å². The number of hydrogen-bond donors (Lipinski definition) is 1. The Labute approximate surface area is 121 Å². The average molecular weight is 329 g/mol. The molecular weight excluding hydrogens is 312 g/mol. The van der Waals surface area contributed by atoms with Crippen LogP contribution in [0.4, 0.5) is 0 Å². The highest BCUT2D eigenvalue weighted by molar-refractivity contribution is 9.10. The van der Waals surface area contributed by atoms with Crippen LogP contribution >= 0.6 is 28.1 Å². The number of rotatable bonds is 5.